The number of hydrogen-bond acceptors (Lipinski definition) is 5. The summed E-state index contributed by atoms with van der Waals surface area (Å²) in [7, 11) is 0. The first-order chi connectivity index (χ1) is 17.6. The van der Waals surface area contributed by atoms with Gasteiger partial charge in [-0.15, -0.1) is 0 Å². The van der Waals surface area contributed by atoms with Crippen LogP contribution < -0.4 is 4.74 Å². The van der Waals surface area contributed by atoms with Crippen LogP contribution in [0.4, 0.5) is 0 Å². The van der Waals surface area contributed by atoms with Gasteiger partial charge in [0, 0.05) is 30.4 Å². The summed E-state index contributed by atoms with van der Waals surface area (Å²) >= 11 is 1.47. The smallest absolute Gasteiger partial charge is 0.286 e. The number of unbranched alkanes of at least 4 members (excludes halogenated alkanes) is 1. The highest BCUT2D eigenvalue weighted by atomic mass is 32.2. The van der Waals surface area contributed by atoms with Crippen LogP contribution in [0.15, 0.2) is 70.7 Å². The predicted molar refractivity (Wildman–Crippen MR) is 147 cm³/mol. The summed E-state index contributed by atoms with van der Waals surface area (Å²) in [6.07, 6.45) is 8.39. The number of amidine groups is 1. The average molecular weight is 501 g/mol. The minimum absolute atomic E-state index is 0.178. The zero-order chi connectivity index (χ0) is 24.9. The van der Waals surface area contributed by atoms with Gasteiger partial charge in [0.2, 0.25) is 0 Å². The van der Waals surface area contributed by atoms with Gasteiger partial charge in [-0.1, -0.05) is 50.6 Å². The monoisotopic (exact) mass is 500 g/mol. The van der Waals surface area contributed by atoms with Crippen LogP contribution in [0.5, 0.6) is 5.75 Å². The fourth-order valence-corrected chi connectivity index (χ4v) is 5.47. The number of amides is 1. The number of rotatable bonds is 7. The van der Waals surface area contributed by atoms with E-state index in [0.29, 0.717) is 17.4 Å². The van der Waals surface area contributed by atoms with E-state index in [1.54, 1.807) is 0 Å². The lowest BCUT2D eigenvalue weighted by atomic mass is 10.0. The van der Waals surface area contributed by atoms with Crippen LogP contribution in [0.2, 0.25) is 0 Å². The number of ether oxygens (including phenoxy) is 1. The number of aliphatic imine (C=N–C) groups is 1. The molecular weight excluding hydrogens is 468 g/mol. The molecule has 1 atom stereocenters. The summed E-state index contributed by atoms with van der Waals surface area (Å²) in [5, 5.41) is 5.74. The summed E-state index contributed by atoms with van der Waals surface area (Å²) in [5.41, 5.74) is 3.60. The largest absolute Gasteiger partial charge is 0.494 e. The second kappa shape index (κ2) is 11.2. The number of carbonyl (C=O) groups excluding carboxylic acids is 1. The second-order valence-corrected chi connectivity index (χ2v) is 10.5. The van der Waals surface area contributed by atoms with E-state index in [1.807, 2.05) is 71.6 Å². The zero-order valence-corrected chi connectivity index (χ0v) is 21.7. The third-order valence-corrected chi connectivity index (χ3v) is 7.51. The van der Waals surface area contributed by atoms with Crippen molar-refractivity contribution < 1.29 is 9.53 Å². The molecule has 1 fully saturated rings. The van der Waals surface area contributed by atoms with E-state index < -0.39 is 0 Å². The van der Waals surface area contributed by atoms with Crippen molar-refractivity contribution in [2.75, 3.05) is 19.7 Å². The standard InChI is InChI=1S/C29H32N4O2S/c1-3-4-16-35-25-14-8-11-22(17-25)27-23(20-33(31-27)24-12-6-5-7-13-24)18-26-28(34)30-29(36-26)32-15-9-10-21(2)19-32/h5-8,11-14,17-18,20-21H,3-4,9-10,15-16,19H2,1-2H3/b26-18-. The van der Waals surface area contributed by atoms with Gasteiger partial charge in [0.25, 0.3) is 5.91 Å². The van der Waals surface area contributed by atoms with Crippen molar-refractivity contribution in [3.05, 3.63) is 71.3 Å². The Morgan fingerprint density at radius 1 is 1.17 bits per heavy atom. The number of likely N-dealkylation sites (tertiary alicyclic amines) is 1. The maximum atomic E-state index is 12.9. The lowest BCUT2D eigenvalue weighted by Gasteiger charge is -2.31. The number of nitrogens with zero attached hydrogens (tertiary/aromatic N) is 4. The van der Waals surface area contributed by atoms with Crippen LogP contribution >= 0.6 is 11.8 Å². The number of carbonyl (C=O) groups is 1. The van der Waals surface area contributed by atoms with Crippen LogP contribution in [0.1, 0.15) is 45.1 Å². The molecule has 0 saturated carbocycles. The van der Waals surface area contributed by atoms with E-state index in [-0.39, 0.29) is 5.91 Å². The molecular formula is C29H32N4O2S. The van der Waals surface area contributed by atoms with E-state index in [0.717, 1.165) is 65.8 Å². The molecule has 0 aliphatic carbocycles. The summed E-state index contributed by atoms with van der Waals surface area (Å²) in [6.45, 7) is 7.01. The Bertz CT molecular complexity index is 1280. The maximum absolute atomic E-state index is 12.9. The van der Waals surface area contributed by atoms with Crippen molar-refractivity contribution >= 4 is 28.9 Å². The predicted octanol–water partition coefficient (Wildman–Crippen LogP) is 6.42. The molecule has 2 aliphatic heterocycles. The number of piperidine rings is 1. The Morgan fingerprint density at radius 2 is 2.03 bits per heavy atom. The van der Waals surface area contributed by atoms with E-state index in [9.17, 15) is 4.79 Å². The third kappa shape index (κ3) is 5.57. The highest BCUT2D eigenvalue weighted by Gasteiger charge is 2.29. The molecule has 2 aliphatic rings. The second-order valence-electron chi connectivity index (χ2n) is 9.45. The summed E-state index contributed by atoms with van der Waals surface area (Å²) in [5.74, 6) is 1.26. The Kier molecular flexibility index (Phi) is 7.56. The first kappa shape index (κ1) is 24.4. The van der Waals surface area contributed by atoms with Gasteiger partial charge >= 0.3 is 0 Å². The molecule has 1 aromatic heterocycles. The molecule has 0 radical (unpaired) electrons. The topological polar surface area (TPSA) is 59.7 Å². The number of thioether (sulfide) groups is 1. The minimum Gasteiger partial charge on any atom is -0.494 e. The van der Waals surface area contributed by atoms with E-state index in [4.69, 9.17) is 9.84 Å². The van der Waals surface area contributed by atoms with E-state index >= 15 is 0 Å². The normalized spacial score (nSPS) is 19.1. The number of para-hydroxylation sites is 1. The van der Waals surface area contributed by atoms with E-state index in [2.05, 4.69) is 23.7 Å². The third-order valence-electron chi connectivity index (χ3n) is 6.46. The fourth-order valence-electron chi connectivity index (χ4n) is 4.54. The van der Waals surface area contributed by atoms with Crippen molar-refractivity contribution in [2.24, 2.45) is 10.9 Å². The van der Waals surface area contributed by atoms with Gasteiger partial charge in [-0.2, -0.15) is 10.1 Å². The Labute approximate surface area is 217 Å². The van der Waals surface area contributed by atoms with Gasteiger partial charge in [0.05, 0.1) is 17.2 Å². The van der Waals surface area contributed by atoms with Gasteiger partial charge in [-0.05, 0) is 67.3 Å². The van der Waals surface area contributed by atoms with Gasteiger partial charge < -0.3 is 9.64 Å². The Hall–Kier alpha value is -3.32. The van der Waals surface area contributed by atoms with Crippen molar-refractivity contribution in [3.63, 3.8) is 0 Å². The lowest BCUT2D eigenvalue weighted by Crippen LogP contribution is -2.37. The van der Waals surface area contributed by atoms with Crippen molar-refractivity contribution in [2.45, 2.75) is 39.5 Å². The molecule has 3 heterocycles. The number of aromatic nitrogens is 2. The molecule has 0 bridgehead atoms. The molecule has 5 rings (SSSR count). The average Bonchev–Trinajstić information content (AvgIpc) is 3.49. The molecule has 3 aromatic rings. The Balaban J connectivity index is 1.47. The van der Waals surface area contributed by atoms with Gasteiger partial charge in [0.1, 0.15) is 11.4 Å². The van der Waals surface area contributed by atoms with Crippen molar-refractivity contribution in [1.29, 1.82) is 0 Å². The van der Waals surface area contributed by atoms with E-state index in [1.165, 1.54) is 18.2 Å². The molecule has 1 unspecified atom stereocenters. The van der Waals surface area contributed by atoms with Gasteiger partial charge in [-0.25, -0.2) is 4.68 Å². The molecule has 7 heteroatoms. The molecule has 6 nitrogen and oxygen atoms in total. The molecule has 2 aromatic carbocycles. The first-order valence-electron chi connectivity index (χ1n) is 12.8. The number of benzene rings is 2. The van der Waals surface area contributed by atoms with Gasteiger partial charge in [0.15, 0.2) is 5.17 Å². The zero-order valence-electron chi connectivity index (χ0n) is 20.9. The van der Waals surface area contributed by atoms with Crippen LogP contribution in [0.25, 0.3) is 23.0 Å². The molecule has 36 heavy (non-hydrogen) atoms. The van der Waals surface area contributed by atoms with Crippen LogP contribution in [0.3, 0.4) is 0 Å². The molecule has 0 N–H and O–H groups in total. The fraction of sp³-hybridized carbons (Fsp3) is 0.345. The highest BCUT2D eigenvalue weighted by Crippen LogP contribution is 2.35. The minimum atomic E-state index is -0.178. The SMILES string of the molecule is CCCCOc1cccc(-c2nn(-c3ccccc3)cc2/C=C2\SC(N3CCCC(C)C3)=NC2=O)c1. The summed E-state index contributed by atoms with van der Waals surface area (Å²) < 4.78 is 7.81. The van der Waals surface area contributed by atoms with Crippen LogP contribution in [-0.4, -0.2) is 45.5 Å². The molecule has 0 spiro atoms. The highest BCUT2D eigenvalue weighted by molar-refractivity contribution is 8.18. The Morgan fingerprint density at radius 3 is 2.83 bits per heavy atom. The maximum Gasteiger partial charge on any atom is 0.286 e. The van der Waals surface area contributed by atoms with Crippen LogP contribution in [-0.2, 0) is 4.79 Å². The first-order valence-corrected chi connectivity index (χ1v) is 13.6. The van der Waals surface area contributed by atoms with Crippen LogP contribution in [0, 0.1) is 5.92 Å². The van der Waals surface area contributed by atoms with Gasteiger partial charge in [-0.3, -0.25) is 4.79 Å². The number of hydrogen-bond donors (Lipinski definition) is 0. The van der Waals surface area contributed by atoms with Crippen molar-refractivity contribution in [1.82, 2.24) is 14.7 Å². The molecule has 1 saturated heterocycles. The molecule has 186 valence electrons. The molecule has 1 amide bonds. The lowest BCUT2D eigenvalue weighted by molar-refractivity contribution is -0.113. The summed E-state index contributed by atoms with van der Waals surface area (Å²) in [4.78, 5) is 20.2. The summed E-state index contributed by atoms with van der Waals surface area (Å²) in [6, 6.07) is 18.0. The quantitative estimate of drug-likeness (QED) is 0.277. The van der Waals surface area contributed by atoms with Crippen molar-refractivity contribution in [3.8, 4) is 22.7 Å².